The number of rotatable bonds is 8. The van der Waals surface area contributed by atoms with Gasteiger partial charge in [-0.15, -0.1) is 0 Å². The van der Waals surface area contributed by atoms with Crippen LogP contribution in [0.5, 0.6) is 11.5 Å². The molecule has 0 saturated heterocycles. The Morgan fingerprint density at radius 3 is 2.62 bits per heavy atom. The number of methoxy groups -OCH3 is 2. The van der Waals surface area contributed by atoms with Crippen LogP contribution in [-0.4, -0.2) is 33.3 Å². The standard InChI is InChI=1S/C18H23NO5/c1-12(19-18(20)15-7-8-23-13(15)2)14-5-6-16(17(11-14)22-4)24-10-9-21-3/h5-8,11-12H,9-10H2,1-4H3,(H,19,20). The predicted molar refractivity (Wildman–Crippen MR) is 89.7 cm³/mol. The molecule has 1 N–H and O–H groups in total. The molecule has 1 amide bonds. The number of carbonyl (C=O) groups is 1. The van der Waals surface area contributed by atoms with Crippen LogP contribution in [0, 0.1) is 6.92 Å². The summed E-state index contributed by atoms with van der Waals surface area (Å²) in [7, 11) is 3.20. The highest BCUT2D eigenvalue weighted by Gasteiger charge is 2.16. The van der Waals surface area contributed by atoms with Crippen LogP contribution in [0.25, 0.3) is 0 Å². The maximum absolute atomic E-state index is 12.3. The first kappa shape index (κ1) is 17.9. The van der Waals surface area contributed by atoms with Crippen LogP contribution < -0.4 is 14.8 Å². The molecule has 0 aliphatic heterocycles. The Hall–Kier alpha value is -2.47. The van der Waals surface area contributed by atoms with Gasteiger partial charge in [0.15, 0.2) is 11.5 Å². The van der Waals surface area contributed by atoms with Gasteiger partial charge in [0.2, 0.25) is 0 Å². The van der Waals surface area contributed by atoms with Crippen LogP contribution in [-0.2, 0) is 4.74 Å². The molecule has 0 fully saturated rings. The molecule has 0 bridgehead atoms. The van der Waals surface area contributed by atoms with E-state index in [0.717, 1.165) is 5.56 Å². The van der Waals surface area contributed by atoms with E-state index in [0.29, 0.717) is 36.0 Å². The predicted octanol–water partition coefficient (Wildman–Crippen LogP) is 3.11. The largest absolute Gasteiger partial charge is 0.493 e. The highest BCUT2D eigenvalue weighted by molar-refractivity contribution is 5.95. The number of furan rings is 1. The fourth-order valence-corrected chi connectivity index (χ4v) is 2.29. The summed E-state index contributed by atoms with van der Waals surface area (Å²) in [4.78, 5) is 12.3. The van der Waals surface area contributed by atoms with Gasteiger partial charge in [0.25, 0.3) is 5.91 Å². The van der Waals surface area contributed by atoms with E-state index in [-0.39, 0.29) is 11.9 Å². The molecule has 130 valence electrons. The molecule has 0 spiro atoms. The number of ether oxygens (including phenoxy) is 3. The van der Waals surface area contributed by atoms with E-state index in [9.17, 15) is 4.79 Å². The number of amides is 1. The van der Waals surface area contributed by atoms with Gasteiger partial charge < -0.3 is 23.9 Å². The zero-order valence-corrected chi connectivity index (χ0v) is 14.4. The van der Waals surface area contributed by atoms with Gasteiger partial charge in [-0.1, -0.05) is 6.07 Å². The van der Waals surface area contributed by atoms with Gasteiger partial charge in [-0.05, 0) is 37.6 Å². The lowest BCUT2D eigenvalue weighted by atomic mass is 10.1. The number of carbonyl (C=O) groups excluding carboxylic acids is 1. The lowest BCUT2D eigenvalue weighted by Crippen LogP contribution is -2.26. The average molecular weight is 333 g/mol. The summed E-state index contributed by atoms with van der Waals surface area (Å²) in [5, 5.41) is 2.95. The van der Waals surface area contributed by atoms with Gasteiger partial charge in [-0.3, -0.25) is 4.79 Å². The molecule has 0 radical (unpaired) electrons. The van der Waals surface area contributed by atoms with E-state index in [1.807, 2.05) is 25.1 Å². The van der Waals surface area contributed by atoms with E-state index < -0.39 is 0 Å². The molecule has 0 saturated carbocycles. The Morgan fingerprint density at radius 2 is 2.00 bits per heavy atom. The minimum atomic E-state index is -0.186. The minimum absolute atomic E-state index is 0.173. The SMILES string of the molecule is COCCOc1ccc(C(C)NC(=O)c2ccoc2C)cc1OC. The monoisotopic (exact) mass is 333 g/mol. The van der Waals surface area contributed by atoms with Crippen molar-refractivity contribution in [2.45, 2.75) is 19.9 Å². The quantitative estimate of drug-likeness (QED) is 0.752. The minimum Gasteiger partial charge on any atom is -0.493 e. The Morgan fingerprint density at radius 1 is 1.21 bits per heavy atom. The van der Waals surface area contributed by atoms with E-state index in [1.165, 1.54) is 6.26 Å². The summed E-state index contributed by atoms with van der Waals surface area (Å²) in [5.41, 5.74) is 1.45. The van der Waals surface area contributed by atoms with Crippen molar-refractivity contribution in [2.24, 2.45) is 0 Å². The molecule has 0 aliphatic rings. The van der Waals surface area contributed by atoms with Crippen molar-refractivity contribution < 1.29 is 23.4 Å². The molecule has 0 aliphatic carbocycles. The first-order valence-corrected chi connectivity index (χ1v) is 7.71. The molecule has 1 aromatic heterocycles. The second-order valence-corrected chi connectivity index (χ2v) is 5.34. The van der Waals surface area contributed by atoms with E-state index >= 15 is 0 Å². The topological polar surface area (TPSA) is 69.9 Å². The fourth-order valence-electron chi connectivity index (χ4n) is 2.29. The highest BCUT2D eigenvalue weighted by Crippen LogP contribution is 2.30. The maximum atomic E-state index is 12.3. The fraction of sp³-hybridized carbons (Fsp3) is 0.389. The lowest BCUT2D eigenvalue weighted by molar-refractivity contribution is 0.0938. The Kier molecular flexibility index (Phi) is 6.26. The second kappa shape index (κ2) is 8.40. The second-order valence-electron chi connectivity index (χ2n) is 5.34. The van der Waals surface area contributed by atoms with Crippen LogP contribution in [0.2, 0.25) is 0 Å². The summed E-state index contributed by atoms with van der Waals surface area (Å²) in [6.07, 6.45) is 1.50. The van der Waals surface area contributed by atoms with Crippen molar-refractivity contribution >= 4 is 5.91 Å². The van der Waals surface area contributed by atoms with E-state index in [1.54, 1.807) is 27.2 Å². The van der Waals surface area contributed by atoms with Crippen molar-refractivity contribution in [2.75, 3.05) is 27.4 Å². The van der Waals surface area contributed by atoms with E-state index in [2.05, 4.69) is 5.32 Å². The molecular formula is C18H23NO5. The van der Waals surface area contributed by atoms with Crippen molar-refractivity contribution in [1.82, 2.24) is 5.32 Å². The molecule has 24 heavy (non-hydrogen) atoms. The summed E-state index contributed by atoms with van der Waals surface area (Å²) in [6, 6.07) is 7.06. The van der Waals surface area contributed by atoms with Crippen LogP contribution in [0.4, 0.5) is 0 Å². The van der Waals surface area contributed by atoms with Crippen LogP contribution in [0.1, 0.15) is 34.6 Å². The van der Waals surface area contributed by atoms with Gasteiger partial charge in [-0.25, -0.2) is 0 Å². The number of hydrogen-bond acceptors (Lipinski definition) is 5. The van der Waals surface area contributed by atoms with Gasteiger partial charge >= 0.3 is 0 Å². The molecule has 1 heterocycles. The van der Waals surface area contributed by atoms with Crippen LogP contribution in [0.15, 0.2) is 34.9 Å². The average Bonchev–Trinajstić information content (AvgIpc) is 3.01. The van der Waals surface area contributed by atoms with Crippen molar-refractivity contribution in [3.05, 3.63) is 47.4 Å². The van der Waals surface area contributed by atoms with E-state index in [4.69, 9.17) is 18.6 Å². The first-order chi connectivity index (χ1) is 11.6. The molecule has 2 rings (SSSR count). The van der Waals surface area contributed by atoms with Crippen molar-refractivity contribution in [1.29, 1.82) is 0 Å². The van der Waals surface area contributed by atoms with Gasteiger partial charge in [-0.2, -0.15) is 0 Å². The lowest BCUT2D eigenvalue weighted by Gasteiger charge is -2.17. The molecule has 6 heteroatoms. The third kappa shape index (κ3) is 4.29. The zero-order chi connectivity index (χ0) is 17.5. The Labute approximate surface area is 141 Å². The number of aryl methyl sites for hydroxylation is 1. The number of benzene rings is 1. The third-order valence-electron chi connectivity index (χ3n) is 3.68. The van der Waals surface area contributed by atoms with Crippen molar-refractivity contribution in [3.63, 3.8) is 0 Å². The highest BCUT2D eigenvalue weighted by atomic mass is 16.5. The van der Waals surface area contributed by atoms with Crippen molar-refractivity contribution in [3.8, 4) is 11.5 Å². The normalized spacial score (nSPS) is 11.8. The molecule has 6 nitrogen and oxygen atoms in total. The Balaban J connectivity index is 2.07. The summed E-state index contributed by atoms with van der Waals surface area (Å²) in [5.74, 6) is 1.68. The molecule has 2 aromatic rings. The summed E-state index contributed by atoms with van der Waals surface area (Å²) >= 11 is 0. The molecule has 1 aromatic carbocycles. The van der Waals surface area contributed by atoms with Gasteiger partial charge in [0.05, 0.1) is 31.6 Å². The molecule has 1 atom stereocenters. The number of hydrogen-bond donors (Lipinski definition) is 1. The molecular weight excluding hydrogens is 310 g/mol. The maximum Gasteiger partial charge on any atom is 0.255 e. The van der Waals surface area contributed by atoms with Gasteiger partial charge in [0, 0.05) is 7.11 Å². The first-order valence-electron chi connectivity index (χ1n) is 7.71. The van der Waals surface area contributed by atoms with Crippen LogP contribution in [0.3, 0.4) is 0 Å². The number of nitrogens with one attached hydrogen (secondary N) is 1. The smallest absolute Gasteiger partial charge is 0.255 e. The summed E-state index contributed by atoms with van der Waals surface area (Å²) in [6.45, 7) is 4.61. The Bertz CT molecular complexity index is 680. The van der Waals surface area contributed by atoms with Gasteiger partial charge in [0.1, 0.15) is 12.4 Å². The molecule has 1 unspecified atom stereocenters. The summed E-state index contributed by atoms with van der Waals surface area (Å²) < 4.78 is 21.1. The third-order valence-corrected chi connectivity index (χ3v) is 3.68. The zero-order valence-electron chi connectivity index (χ0n) is 14.4. The van der Waals surface area contributed by atoms with Crippen LogP contribution >= 0.6 is 0 Å².